The Morgan fingerprint density at radius 3 is 2.61 bits per heavy atom. The van der Waals surface area contributed by atoms with E-state index in [2.05, 4.69) is 50.1 Å². The van der Waals surface area contributed by atoms with Gasteiger partial charge in [0.15, 0.2) is 0 Å². The van der Waals surface area contributed by atoms with Crippen molar-refractivity contribution in [3.8, 4) is 0 Å². The molecule has 2 atom stereocenters. The van der Waals surface area contributed by atoms with Crippen molar-refractivity contribution in [2.45, 2.75) is 25.4 Å². The third-order valence-electron chi connectivity index (χ3n) is 6.06. The van der Waals surface area contributed by atoms with Gasteiger partial charge < -0.3 is 4.90 Å². The van der Waals surface area contributed by atoms with Gasteiger partial charge in [-0.25, -0.2) is 0 Å². The molecule has 2 aromatic carbocycles. The molecule has 28 heavy (non-hydrogen) atoms. The molecule has 3 saturated heterocycles. The molecule has 3 aliphatic rings. The number of carbonyl (C=O) groups excluding carboxylic acids is 1. The van der Waals surface area contributed by atoms with E-state index in [9.17, 15) is 4.79 Å². The number of hydrogen-bond acceptors (Lipinski definition) is 4. The number of nitrogens with zero attached hydrogens (tertiary/aromatic N) is 4. The zero-order chi connectivity index (χ0) is 18.9. The first-order valence-corrected chi connectivity index (χ1v) is 10.0. The van der Waals surface area contributed by atoms with Gasteiger partial charge in [-0.1, -0.05) is 30.3 Å². The average molecular weight is 372 g/mol. The summed E-state index contributed by atoms with van der Waals surface area (Å²) in [5.41, 5.74) is 3.66. The minimum absolute atomic E-state index is 0.117. The van der Waals surface area contributed by atoms with E-state index in [1.165, 1.54) is 18.4 Å². The lowest BCUT2D eigenvalue weighted by Gasteiger charge is -2.36. The Morgan fingerprint density at radius 1 is 0.929 bits per heavy atom. The van der Waals surface area contributed by atoms with Crippen molar-refractivity contribution in [3.05, 3.63) is 72.1 Å². The Hall–Kier alpha value is -2.79. The van der Waals surface area contributed by atoms with Gasteiger partial charge >= 0.3 is 0 Å². The van der Waals surface area contributed by atoms with E-state index in [0.717, 1.165) is 37.2 Å². The van der Waals surface area contributed by atoms with E-state index < -0.39 is 0 Å². The number of piperidine rings is 1. The Kier molecular flexibility index (Phi) is 4.53. The maximum absolute atomic E-state index is 13.2. The second kappa shape index (κ2) is 7.32. The van der Waals surface area contributed by atoms with Gasteiger partial charge in [-0.05, 0) is 42.5 Å². The van der Waals surface area contributed by atoms with E-state index in [4.69, 9.17) is 0 Å². The first-order valence-electron chi connectivity index (χ1n) is 10.0. The number of hydrogen-bond donors (Lipinski definition) is 0. The molecule has 4 heterocycles. The predicted octanol–water partition coefficient (Wildman–Crippen LogP) is 3.37. The van der Waals surface area contributed by atoms with Crippen LogP contribution in [0.3, 0.4) is 0 Å². The molecule has 2 bridgehead atoms. The molecule has 0 spiro atoms. The van der Waals surface area contributed by atoms with E-state index in [-0.39, 0.29) is 5.91 Å². The lowest BCUT2D eigenvalue weighted by Crippen LogP contribution is -2.43. The van der Waals surface area contributed by atoms with Crippen LogP contribution in [0.2, 0.25) is 0 Å². The van der Waals surface area contributed by atoms with Gasteiger partial charge in [0.2, 0.25) is 0 Å². The highest BCUT2D eigenvalue weighted by Crippen LogP contribution is 2.30. The fourth-order valence-corrected chi connectivity index (χ4v) is 4.64. The second-order valence-electron chi connectivity index (χ2n) is 7.98. The zero-order valence-corrected chi connectivity index (χ0v) is 15.9. The molecule has 5 heteroatoms. The number of carbonyl (C=O) groups is 1. The van der Waals surface area contributed by atoms with Crippen molar-refractivity contribution in [1.82, 2.24) is 19.8 Å². The Balaban J connectivity index is 1.35. The summed E-state index contributed by atoms with van der Waals surface area (Å²) >= 11 is 0. The van der Waals surface area contributed by atoms with Gasteiger partial charge in [0.05, 0.1) is 11.0 Å². The summed E-state index contributed by atoms with van der Waals surface area (Å²) in [7, 11) is 0. The Bertz CT molecular complexity index is 990. The molecular formula is C23H24N4O. The van der Waals surface area contributed by atoms with Crippen molar-refractivity contribution in [1.29, 1.82) is 0 Å². The minimum Gasteiger partial charge on any atom is -0.337 e. The van der Waals surface area contributed by atoms with E-state index >= 15 is 0 Å². The molecule has 1 aromatic heterocycles. The van der Waals surface area contributed by atoms with E-state index in [1.807, 2.05) is 18.2 Å². The van der Waals surface area contributed by atoms with Crippen molar-refractivity contribution < 1.29 is 4.79 Å². The Labute approximate surface area is 165 Å². The van der Waals surface area contributed by atoms with Crippen molar-refractivity contribution >= 4 is 16.9 Å². The van der Waals surface area contributed by atoms with E-state index in [1.54, 1.807) is 12.4 Å². The van der Waals surface area contributed by atoms with Crippen LogP contribution in [-0.2, 0) is 6.54 Å². The monoisotopic (exact) mass is 372 g/mol. The summed E-state index contributed by atoms with van der Waals surface area (Å²) in [6, 6.07) is 16.7. The third-order valence-corrected chi connectivity index (χ3v) is 6.06. The fourth-order valence-electron chi connectivity index (χ4n) is 4.64. The lowest BCUT2D eigenvalue weighted by atomic mass is 9.94. The van der Waals surface area contributed by atoms with Crippen LogP contribution in [0.1, 0.15) is 28.8 Å². The molecule has 0 unspecified atom stereocenters. The molecular weight excluding hydrogens is 348 g/mol. The maximum Gasteiger partial charge on any atom is 0.253 e. The highest BCUT2D eigenvalue weighted by molar-refractivity contribution is 5.97. The average Bonchev–Trinajstić information content (AvgIpc) is 3.05. The minimum atomic E-state index is 0.117. The number of aromatic nitrogens is 2. The molecule has 0 aliphatic carbocycles. The van der Waals surface area contributed by atoms with Gasteiger partial charge in [-0.15, -0.1) is 0 Å². The van der Waals surface area contributed by atoms with Crippen molar-refractivity contribution in [3.63, 3.8) is 0 Å². The van der Waals surface area contributed by atoms with Crippen molar-refractivity contribution in [2.75, 3.05) is 19.6 Å². The molecule has 0 radical (unpaired) electrons. The van der Waals surface area contributed by atoms with Gasteiger partial charge in [-0.3, -0.25) is 19.7 Å². The van der Waals surface area contributed by atoms with Gasteiger partial charge in [0.1, 0.15) is 0 Å². The van der Waals surface area contributed by atoms with Crippen LogP contribution in [0, 0.1) is 5.92 Å². The van der Waals surface area contributed by atoms with Gasteiger partial charge in [0, 0.05) is 50.2 Å². The number of fused-ring (bicyclic) bond motifs is 5. The number of rotatable bonds is 3. The largest absolute Gasteiger partial charge is 0.337 e. The van der Waals surface area contributed by atoms with Crippen LogP contribution in [0.15, 0.2) is 60.9 Å². The van der Waals surface area contributed by atoms with Crippen LogP contribution >= 0.6 is 0 Å². The molecule has 3 aliphatic heterocycles. The normalized spacial score (nSPS) is 22.4. The van der Waals surface area contributed by atoms with Crippen LogP contribution in [0.25, 0.3) is 11.0 Å². The van der Waals surface area contributed by atoms with Crippen LogP contribution in [0.5, 0.6) is 0 Å². The summed E-state index contributed by atoms with van der Waals surface area (Å²) in [4.78, 5) is 26.5. The summed E-state index contributed by atoms with van der Waals surface area (Å²) in [5, 5.41) is 0. The standard InChI is InChI=1S/C23H24N4O/c28-23(19-7-9-21-22(12-19)25-11-10-24-21)27-15-18-6-8-20(16-27)26(14-18)13-17-4-2-1-3-5-17/h1-5,7,9-12,18,20H,6,8,13-16H2/t18-,20-/m0/s1. The fraction of sp³-hybridized carbons (Fsp3) is 0.348. The molecule has 3 aromatic rings. The first-order chi connectivity index (χ1) is 13.8. The number of benzene rings is 2. The zero-order valence-electron chi connectivity index (χ0n) is 15.9. The highest BCUT2D eigenvalue weighted by atomic mass is 16.2. The van der Waals surface area contributed by atoms with Crippen LogP contribution < -0.4 is 0 Å². The number of amides is 1. The first kappa shape index (κ1) is 17.3. The summed E-state index contributed by atoms with van der Waals surface area (Å²) in [6.45, 7) is 3.70. The summed E-state index contributed by atoms with van der Waals surface area (Å²) in [5.74, 6) is 0.665. The molecule has 1 amide bonds. The molecule has 6 rings (SSSR count). The summed E-state index contributed by atoms with van der Waals surface area (Å²) in [6.07, 6.45) is 5.73. The Morgan fingerprint density at radius 2 is 1.75 bits per heavy atom. The second-order valence-corrected chi connectivity index (χ2v) is 7.98. The highest BCUT2D eigenvalue weighted by Gasteiger charge is 2.36. The van der Waals surface area contributed by atoms with Crippen molar-refractivity contribution in [2.24, 2.45) is 5.92 Å². The quantitative estimate of drug-likeness (QED) is 0.707. The SMILES string of the molecule is O=C(c1ccc2nccnc2c1)N1C[C@H]2CC[C@@H](C1)N(Cc1ccccc1)C2. The third kappa shape index (κ3) is 3.38. The van der Waals surface area contributed by atoms with Crippen LogP contribution in [-0.4, -0.2) is 51.4 Å². The maximum atomic E-state index is 13.2. The molecule has 5 nitrogen and oxygen atoms in total. The molecule has 0 saturated carbocycles. The van der Waals surface area contributed by atoms with Gasteiger partial charge in [-0.2, -0.15) is 0 Å². The van der Waals surface area contributed by atoms with Gasteiger partial charge in [0.25, 0.3) is 5.91 Å². The predicted molar refractivity (Wildman–Crippen MR) is 109 cm³/mol. The summed E-state index contributed by atoms with van der Waals surface area (Å²) < 4.78 is 0. The lowest BCUT2D eigenvalue weighted by molar-refractivity contribution is 0.0736. The van der Waals surface area contributed by atoms with Crippen LogP contribution in [0.4, 0.5) is 0 Å². The molecule has 142 valence electrons. The topological polar surface area (TPSA) is 49.3 Å². The van der Waals surface area contributed by atoms with E-state index in [0.29, 0.717) is 17.5 Å². The molecule has 3 fully saturated rings. The molecule has 0 N–H and O–H groups in total. The smallest absolute Gasteiger partial charge is 0.253 e.